The summed E-state index contributed by atoms with van der Waals surface area (Å²) in [5.41, 5.74) is -1.64. The molecule has 0 saturated carbocycles. The molecule has 7 N–H and O–H groups in total. The van der Waals surface area contributed by atoms with Crippen LogP contribution in [-0.2, 0) is 18.9 Å². The molecule has 30 heavy (non-hydrogen) atoms. The number of rotatable bonds is 5. The van der Waals surface area contributed by atoms with Gasteiger partial charge in [-0.2, -0.15) is 5.26 Å². The molecule has 2 aliphatic heterocycles. The third kappa shape index (κ3) is 4.38. The van der Waals surface area contributed by atoms with Gasteiger partial charge in [-0.1, -0.05) is 6.08 Å². The predicted molar refractivity (Wildman–Crippen MR) is 94.2 cm³/mol. The first-order valence-corrected chi connectivity index (χ1v) is 9.56. The molecule has 0 aromatic carbocycles. The molecule has 12 heteroatoms. The molecule has 2 fully saturated rings. The first-order valence-electron chi connectivity index (χ1n) is 9.56. The quantitative estimate of drug-likeness (QED) is 0.209. The number of ether oxygens (including phenoxy) is 4. The maximum absolute atomic E-state index is 10.1. The maximum atomic E-state index is 10.1. The van der Waals surface area contributed by atoms with Gasteiger partial charge in [0.05, 0.1) is 18.8 Å². The van der Waals surface area contributed by atoms with Gasteiger partial charge >= 0.3 is 0 Å². The van der Waals surface area contributed by atoms with Crippen LogP contribution in [0.2, 0.25) is 0 Å². The summed E-state index contributed by atoms with van der Waals surface area (Å²) in [7, 11) is 0. The number of nitriles is 1. The highest BCUT2D eigenvalue weighted by Gasteiger charge is 2.50. The molecule has 2 heterocycles. The molecule has 12 unspecified atom stereocenters. The van der Waals surface area contributed by atoms with Crippen LogP contribution in [0.4, 0.5) is 0 Å². The Morgan fingerprint density at radius 1 is 0.967 bits per heavy atom. The molecule has 0 spiro atoms. The zero-order chi connectivity index (χ0) is 22.2. The van der Waals surface area contributed by atoms with Gasteiger partial charge in [-0.3, -0.25) is 0 Å². The van der Waals surface area contributed by atoms with E-state index in [1.807, 2.05) is 6.07 Å². The molecule has 0 bridgehead atoms. The van der Waals surface area contributed by atoms with E-state index in [1.165, 1.54) is 19.1 Å². The van der Waals surface area contributed by atoms with Crippen molar-refractivity contribution >= 4 is 0 Å². The standard InChI is InChI=1S/C18H27NO11/c1-7-10(21)12(23)14(25)16(27-7)28-8-2-3-18(4-8,6-19)30-17-15(26)13(24)11(22)9(5-20)29-17/h2-3,7-17,20-26H,4-5H2,1H3. The second kappa shape index (κ2) is 9.11. The van der Waals surface area contributed by atoms with Crippen LogP contribution in [0.15, 0.2) is 12.2 Å². The summed E-state index contributed by atoms with van der Waals surface area (Å²) in [5, 5.41) is 78.5. The molecule has 3 rings (SSSR count). The van der Waals surface area contributed by atoms with E-state index in [1.54, 1.807) is 0 Å². The summed E-state index contributed by atoms with van der Waals surface area (Å²) < 4.78 is 21.8. The minimum atomic E-state index is -1.68. The third-order valence-corrected chi connectivity index (χ3v) is 5.57. The van der Waals surface area contributed by atoms with Crippen LogP contribution in [0.5, 0.6) is 0 Å². The largest absolute Gasteiger partial charge is 0.394 e. The first kappa shape index (κ1) is 23.5. The highest BCUT2D eigenvalue weighted by Crippen LogP contribution is 2.35. The molecule has 12 atom stereocenters. The summed E-state index contributed by atoms with van der Waals surface area (Å²) in [6.45, 7) is 0.859. The predicted octanol–water partition coefficient (Wildman–Crippen LogP) is -3.76. The van der Waals surface area contributed by atoms with Crippen LogP contribution in [0, 0.1) is 11.3 Å². The van der Waals surface area contributed by atoms with Gasteiger partial charge in [0.15, 0.2) is 18.2 Å². The van der Waals surface area contributed by atoms with E-state index in [-0.39, 0.29) is 6.42 Å². The minimum absolute atomic E-state index is 0.0991. The minimum Gasteiger partial charge on any atom is -0.394 e. The van der Waals surface area contributed by atoms with Gasteiger partial charge in [0.2, 0.25) is 0 Å². The van der Waals surface area contributed by atoms with Gasteiger partial charge in [-0.25, -0.2) is 0 Å². The lowest BCUT2D eigenvalue weighted by Crippen LogP contribution is -2.60. The van der Waals surface area contributed by atoms with Crippen molar-refractivity contribution in [3.63, 3.8) is 0 Å². The molecule has 3 aliphatic rings. The van der Waals surface area contributed by atoms with E-state index in [4.69, 9.17) is 18.9 Å². The second-order valence-electron chi connectivity index (χ2n) is 7.74. The summed E-state index contributed by atoms with van der Waals surface area (Å²) in [4.78, 5) is 0. The Labute approximate surface area is 172 Å². The van der Waals surface area contributed by atoms with Crippen molar-refractivity contribution in [2.24, 2.45) is 0 Å². The molecule has 1 aliphatic carbocycles. The Bertz CT molecular complexity index is 669. The van der Waals surface area contributed by atoms with Crippen LogP contribution in [0.25, 0.3) is 0 Å². The molecule has 170 valence electrons. The van der Waals surface area contributed by atoms with E-state index in [2.05, 4.69) is 0 Å². The fraction of sp³-hybridized carbons (Fsp3) is 0.833. The van der Waals surface area contributed by atoms with Gasteiger partial charge in [0.25, 0.3) is 0 Å². The third-order valence-electron chi connectivity index (χ3n) is 5.57. The molecular formula is C18H27NO11. The molecule has 0 amide bonds. The Morgan fingerprint density at radius 3 is 2.23 bits per heavy atom. The molecule has 12 nitrogen and oxygen atoms in total. The van der Waals surface area contributed by atoms with Crippen LogP contribution >= 0.6 is 0 Å². The van der Waals surface area contributed by atoms with E-state index in [0.717, 1.165) is 0 Å². The van der Waals surface area contributed by atoms with E-state index >= 15 is 0 Å². The van der Waals surface area contributed by atoms with Crippen molar-refractivity contribution in [2.45, 2.75) is 86.5 Å². The smallest absolute Gasteiger partial charge is 0.189 e. The SMILES string of the molecule is CC1OC(OC2C=CC(C#N)(OC3OC(CO)C(O)C(O)C3O)C2)C(O)C(O)C1O. The highest BCUT2D eigenvalue weighted by molar-refractivity contribution is 5.25. The Hall–Kier alpha value is -1.21. The lowest BCUT2D eigenvalue weighted by Gasteiger charge is -2.42. The number of aliphatic hydroxyl groups excluding tert-OH is 7. The van der Waals surface area contributed by atoms with Crippen molar-refractivity contribution in [3.05, 3.63) is 12.2 Å². The lowest BCUT2D eigenvalue weighted by molar-refractivity contribution is -0.319. The van der Waals surface area contributed by atoms with Gasteiger partial charge < -0.3 is 54.7 Å². The fourth-order valence-electron chi connectivity index (χ4n) is 3.66. The number of hydrogen-bond acceptors (Lipinski definition) is 12. The van der Waals surface area contributed by atoms with Crippen LogP contribution in [0.3, 0.4) is 0 Å². The summed E-state index contributed by atoms with van der Waals surface area (Å²) >= 11 is 0. The molecule has 2 saturated heterocycles. The van der Waals surface area contributed by atoms with Crippen LogP contribution in [-0.4, -0.2) is 115 Å². The van der Waals surface area contributed by atoms with Crippen molar-refractivity contribution in [1.82, 2.24) is 0 Å². The zero-order valence-electron chi connectivity index (χ0n) is 16.1. The van der Waals surface area contributed by atoms with E-state index in [9.17, 15) is 41.0 Å². The van der Waals surface area contributed by atoms with Crippen LogP contribution in [0.1, 0.15) is 13.3 Å². The molecule has 0 radical (unpaired) electrons. The second-order valence-corrected chi connectivity index (χ2v) is 7.74. The van der Waals surface area contributed by atoms with E-state index < -0.39 is 79.7 Å². The maximum Gasteiger partial charge on any atom is 0.189 e. The van der Waals surface area contributed by atoms with Crippen molar-refractivity contribution in [1.29, 1.82) is 5.26 Å². The van der Waals surface area contributed by atoms with Gasteiger partial charge in [-0.15, -0.1) is 0 Å². The zero-order valence-corrected chi connectivity index (χ0v) is 16.1. The Kier molecular flexibility index (Phi) is 7.12. The van der Waals surface area contributed by atoms with Gasteiger partial charge in [0, 0.05) is 6.42 Å². The van der Waals surface area contributed by atoms with Crippen molar-refractivity contribution in [2.75, 3.05) is 6.61 Å². The van der Waals surface area contributed by atoms with Crippen LogP contribution < -0.4 is 0 Å². The number of nitrogens with zero attached hydrogens (tertiary/aromatic N) is 1. The number of hydrogen-bond donors (Lipinski definition) is 7. The topological polar surface area (TPSA) is 202 Å². The van der Waals surface area contributed by atoms with Crippen molar-refractivity contribution in [3.8, 4) is 6.07 Å². The summed E-state index contributed by atoms with van der Waals surface area (Å²) in [6.07, 6.45) is -12.0. The normalized spacial score (nSPS) is 51.6. The number of aliphatic hydroxyl groups is 7. The fourth-order valence-corrected chi connectivity index (χ4v) is 3.66. The lowest BCUT2D eigenvalue weighted by atomic mass is 9.98. The highest BCUT2D eigenvalue weighted by atomic mass is 16.7. The Balaban J connectivity index is 1.65. The Morgan fingerprint density at radius 2 is 1.60 bits per heavy atom. The molecular weight excluding hydrogens is 406 g/mol. The average molecular weight is 433 g/mol. The average Bonchev–Trinajstić information content (AvgIpc) is 3.14. The first-order chi connectivity index (χ1) is 14.1. The van der Waals surface area contributed by atoms with E-state index in [0.29, 0.717) is 0 Å². The monoisotopic (exact) mass is 433 g/mol. The molecule has 0 aromatic rings. The van der Waals surface area contributed by atoms with Gasteiger partial charge in [0.1, 0.15) is 48.8 Å². The summed E-state index contributed by atoms with van der Waals surface area (Å²) in [6, 6.07) is 1.93. The molecule has 0 aromatic heterocycles. The van der Waals surface area contributed by atoms with Gasteiger partial charge in [-0.05, 0) is 13.0 Å². The summed E-state index contributed by atoms with van der Waals surface area (Å²) in [5.74, 6) is 0. The van der Waals surface area contributed by atoms with Crippen molar-refractivity contribution < 1.29 is 54.7 Å².